The second-order valence-corrected chi connectivity index (χ2v) is 8.73. The van der Waals surface area contributed by atoms with Gasteiger partial charge in [0.05, 0.1) is 17.8 Å². The van der Waals surface area contributed by atoms with E-state index >= 15 is 0 Å². The van der Waals surface area contributed by atoms with Crippen molar-refractivity contribution in [3.8, 4) is 0 Å². The van der Waals surface area contributed by atoms with Gasteiger partial charge in [-0.25, -0.2) is 0 Å². The van der Waals surface area contributed by atoms with Crippen molar-refractivity contribution in [2.24, 2.45) is 0 Å². The second-order valence-electron chi connectivity index (χ2n) is 8.30. The topological polar surface area (TPSA) is 70.0 Å². The lowest BCUT2D eigenvalue weighted by Gasteiger charge is -2.27. The van der Waals surface area contributed by atoms with Crippen molar-refractivity contribution in [3.05, 3.63) is 64.2 Å². The van der Waals surface area contributed by atoms with Gasteiger partial charge in [0.2, 0.25) is 0 Å². The molecule has 150 valence electrons. The van der Waals surface area contributed by atoms with Gasteiger partial charge in [0.1, 0.15) is 0 Å². The molecule has 2 aromatic rings. The molecule has 0 unspecified atom stereocenters. The van der Waals surface area contributed by atoms with E-state index in [4.69, 9.17) is 16.3 Å². The van der Waals surface area contributed by atoms with Crippen LogP contribution in [0.15, 0.2) is 42.5 Å². The molecular formula is C22H26ClNO4. The quantitative estimate of drug-likeness (QED) is 0.749. The van der Waals surface area contributed by atoms with Crippen molar-refractivity contribution < 1.29 is 19.7 Å². The Morgan fingerprint density at radius 2 is 1.71 bits per heavy atom. The molecule has 28 heavy (non-hydrogen) atoms. The molecule has 0 fully saturated rings. The number of anilines is 1. The maximum atomic E-state index is 13.2. The number of hydrogen-bond acceptors (Lipinski definition) is 4. The first-order valence-corrected chi connectivity index (χ1v) is 9.65. The number of carbonyl (C=O) groups is 1. The third-order valence-electron chi connectivity index (χ3n) is 4.80. The number of ether oxygens (including phenoxy) is 1. The summed E-state index contributed by atoms with van der Waals surface area (Å²) < 4.78 is 6.05. The van der Waals surface area contributed by atoms with Gasteiger partial charge in [-0.1, -0.05) is 23.7 Å². The molecule has 0 saturated heterocycles. The van der Waals surface area contributed by atoms with Gasteiger partial charge < -0.3 is 14.9 Å². The molecule has 0 aromatic heterocycles. The molecular weight excluding hydrogens is 378 g/mol. The molecule has 2 N–H and O–H groups in total. The largest absolute Gasteiger partial charge is 0.390 e. The zero-order valence-corrected chi connectivity index (χ0v) is 17.3. The minimum absolute atomic E-state index is 0.198. The SMILES string of the molecule is CC(C)(O)CCO[C@@H]1c2ccc(C(C)(C)O)cc2C(=O)N1c1ccc(Cl)cc1. The van der Waals surface area contributed by atoms with E-state index in [0.717, 1.165) is 5.56 Å². The van der Waals surface area contributed by atoms with Crippen molar-refractivity contribution >= 4 is 23.2 Å². The van der Waals surface area contributed by atoms with Crippen molar-refractivity contribution in [2.75, 3.05) is 11.5 Å². The molecule has 0 radical (unpaired) electrons. The third kappa shape index (κ3) is 4.39. The van der Waals surface area contributed by atoms with Crippen LogP contribution in [0.5, 0.6) is 0 Å². The van der Waals surface area contributed by atoms with Crippen molar-refractivity contribution in [2.45, 2.75) is 51.5 Å². The van der Waals surface area contributed by atoms with E-state index in [1.807, 2.05) is 12.1 Å². The average molecular weight is 404 g/mol. The van der Waals surface area contributed by atoms with E-state index in [0.29, 0.717) is 28.3 Å². The lowest BCUT2D eigenvalue weighted by Crippen LogP contribution is -2.30. The van der Waals surface area contributed by atoms with Crippen LogP contribution in [0.25, 0.3) is 0 Å². The number of halogens is 1. The Morgan fingerprint density at radius 3 is 2.29 bits per heavy atom. The van der Waals surface area contributed by atoms with Gasteiger partial charge in [-0.2, -0.15) is 0 Å². The van der Waals surface area contributed by atoms with Gasteiger partial charge in [0.15, 0.2) is 6.23 Å². The summed E-state index contributed by atoms with van der Waals surface area (Å²) in [6.45, 7) is 7.09. The third-order valence-corrected chi connectivity index (χ3v) is 5.06. The highest BCUT2D eigenvalue weighted by Crippen LogP contribution is 2.40. The van der Waals surface area contributed by atoms with E-state index in [2.05, 4.69) is 0 Å². The van der Waals surface area contributed by atoms with Gasteiger partial charge >= 0.3 is 0 Å². The van der Waals surface area contributed by atoms with Crippen LogP contribution in [0.4, 0.5) is 5.69 Å². The van der Waals surface area contributed by atoms with Crippen LogP contribution in [0.1, 0.15) is 61.8 Å². The zero-order valence-electron chi connectivity index (χ0n) is 16.6. The number of hydrogen-bond donors (Lipinski definition) is 2. The van der Waals surface area contributed by atoms with Crippen molar-refractivity contribution in [1.29, 1.82) is 0 Å². The predicted octanol–water partition coefficient (Wildman–Crippen LogP) is 4.40. The van der Waals surface area contributed by atoms with Crippen molar-refractivity contribution in [3.63, 3.8) is 0 Å². The zero-order chi connectivity index (χ0) is 20.7. The Hall–Kier alpha value is -1.92. The maximum absolute atomic E-state index is 13.2. The fourth-order valence-corrected chi connectivity index (χ4v) is 3.28. The summed E-state index contributed by atoms with van der Waals surface area (Å²) in [5, 5.41) is 20.9. The minimum atomic E-state index is -1.06. The molecule has 0 bridgehead atoms. The number of amides is 1. The normalized spacial score (nSPS) is 17.2. The predicted molar refractivity (Wildman–Crippen MR) is 110 cm³/mol. The molecule has 1 aliphatic rings. The molecule has 1 heterocycles. The Balaban J connectivity index is 1.99. The van der Waals surface area contributed by atoms with Crippen LogP contribution in [0.2, 0.25) is 5.02 Å². The van der Waals surface area contributed by atoms with E-state index in [9.17, 15) is 15.0 Å². The Labute approximate surface area is 170 Å². The Kier molecular flexibility index (Phi) is 5.56. The highest BCUT2D eigenvalue weighted by Gasteiger charge is 2.39. The minimum Gasteiger partial charge on any atom is -0.390 e. The lowest BCUT2D eigenvalue weighted by atomic mass is 9.94. The second kappa shape index (κ2) is 7.48. The summed E-state index contributed by atoms with van der Waals surface area (Å²) in [7, 11) is 0. The molecule has 0 saturated carbocycles. The van der Waals surface area contributed by atoms with E-state index in [1.54, 1.807) is 62.9 Å². The van der Waals surface area contributed by atoms with Crippen molar-refractivity contribution in [1.82, 2.24) is 0 Å². The molecule has 2 aromatic carbocycles. The van der Waals surface area contributed by atoms with Gasteiger partial charge in [0, 0.05) is 21.8 Å². The molecule has 6 heteroatoms. The fourth-order valence-electron chi connectivity index (χ4n) is 3.15. The van der Waals surface area contributed by atoms with Crippen LogP contribution in [0.3, 0.4) is 0 Å². The highest BCUT2D eigenvalue weighted by atomic mass is 35.5. The van der Waals surface area contributed by atoms with Gasteiger partial charge in [-0.15, -0.1) is 0 Å². The number of nitrogens with zero attached hydrogens (tertiary/aromatic N) is 1. The van der Waals surface area contributed by atoms with E-state index in [1.165, 1.54) is 0 Å². The summed E-state index contributed by atoms with van der Waals surface area (Å²) in [5.74, 6) is -0.198. The van der Waals surface area contributed by atoms with Gasteiger partial charge in [0.25, 0.3) is 5.91 Å². The molecule has 0 aliphatic carbocycles. The maximum Gasteiger partial charge on any atom is 0.261 e. The smallest absolute Gasteiger partial charge is 0.261 e. The standard InChI is InChI=1S/C22H26ClNO4/c1-21(2,26)11-12-28-20-17-10-5-14(22(3,4)27)13-18(17)19(25)24(20)16-8-6-15(23)7-9-16/h5-10,13,20,26-27H,11-12H2,1-4H3/t20-/m1/s1. The molecule has 5 nitrogen and oxygen atoms in total. The Morgan fingerprint density at radius 1 is 1.07 bits per heavy atom. The highest BCUT2D eigenvalue weighted by molar-refractivity contribution is 6.30. The summed E-state index contributed by atoms with van der Waals surface area (Å²) in [5.41, 5.74) is 0.657. The number of fused-ring (bicyclic) bond motifs is 1. The number of carbonyl (C=O) groups excluding carboxylic acids is 1. The number of rotatable bonds is 6. The number of aliphatic hydroxyl groups is 2. The van der Waals surface area contributed by atoms with Crippen LogP contribution in [0, 0.1) is 0 Å². The summed E-state index contributed by atoms with van der Waals surface area (Å²) in [6.07, 6.45) is -0.176. The first kappa shape index (κ1) is 20.8. The van der Waals surface area contributed by atoms with E-state index in [-0.39, 0.29) is 12.5 Å². The molecule has 1 amide bonds. The Bertz CT molecular complexity index is 866. The van der Waals surface area contributed by atoms with Crippen LogP contribution < -0.4 is 4.90 Å². The van der Waals surface area contributed by atoms with Gasteiger partial charge in [-0.3, -0.25) is 9.69 Å². The van der Waals surface area contributed by atoms with Crippen LogP contribution in [-0.2, 0) is 10.3 Å². The summed E-state index contributed by atoms with van der Waals surface area (Å²) >= 11 is 5.99. The molecule has 1 atom stereocenters. The summed E-state index contributed by atoms with van der Waals surface area (Å²) in [6, 6.07) is 12.4. The molecule has 1 aliphatic heterocycles. The van der Waals surface area contributed by atoms with Gasteiger partial charge in [-0.05, 0) is 70.0 Å². The average Bonchev–Trinajstić information content (AvgIpc) is 2.86. The van der Waals surface area contributed by atoms with Crippen LogP contribution in [-0.4, -0.2) is 28.3 Å². The first-order chi connectivity index (χ1) is 13.0. The lowest BCUT2D eigenvalue weighted by molar-refractivity contribution is -0.0000566. The summed E-state index contributed by atoms with van der Waals surface area (Å²) in [4.78, 5) is 14.8. The molecule has 3 rings (SSSR count). The fraction of sp³-hybridized carbons (Fsp3) is 0.409. The first-order valence-electron chi connectivity index (χ1n) is 9.27. The van der Waals surface area contributed by atoms with Crippen LogP contribution >= 0.6 is 11.6 Å². The molecule has 0 spiro atoms. The number of benzene rings is 2. The monoisotopic (exact) mass is 403 g/mol. The van der Waals surface area contributed by atoms with E-state index < -0.39 is 17.4 Å².